The lowest BCUT2D eigenvalue weighted by molar-refractivity contribution is -0.146. The average molecular weight is 342 g/mol. The van der Waals surface area contributed by atoms with Gasteiger partial charge in [0.05, 0.1) is 6.10 Å². The zero-order chi connectivity index (χ0) is 17.1. The Kier molecular flexibility index (Phi) is 6.50. The van der Waals surface area contributed by atoms with Gasteiger partial charge in [0.2, 0.25) is 5.76 Å². The number of carbonyl (C=O) groups is 1. The third-order valence-electron chi connectivity index (χ3n) is 2.60. The fraction of sp³-hybridized carbons (Fsp3) is 0.727. The van der Waals surface area contributed by atoms with Crippen molar-refractivity contribution in [3.8, 4) is 0 Å². The first kappa shape index (κ1) is 19.0. The normalized spacial score (nSPS) is 29.7. The van der Waals surface area contributed by atoms with E-state index in [-0.39, 0.29) is 0 Å². The van der Waals surface area contributed by atoms with Crippen LogP contribution in [0.2, 0.25) is 0 Å². The lowest BCUT2D eigenvalue weighted by atomic mass is 10.1. The number of aliphatic hydroxyl groups is 2. The van der Waals surface area contributed by atoms with Gasteiger partial charge in [-0.1, -0.05) is 0 Å². The van der Waals surface area contributed by atoms with Crippen LogP contribution in [0.3, 0.4) is 0 Å². The summed E-state index contributed by atoms with van der Waals surface area (Å²) in [5, 5.41) is 19.0. The van der Waals surface area contributed by atoms with Gasteiger partial charge in [-0.3, -0.25) is 9.79 Å². The number of hydrogen-bond acceptors (Lipinski definition) is 8. The van der Waals surface area contributed by atoms with Crippen molar-refractivity contribution in [2.24, 2.45) is 0 Å². The molecule has 0 radical (unpaired) electrons. The Bertz CT molecular complexity index is 469. The van der Waals surface area contributed by atoms with Crippen molar-refractivity contribution in [1.82, 2.24) is 0 Å². The van der Waals surface area contributed by atoms with Crippen LogP contribution in [-0.2, 0) is 28.1 Å². The van der Waals surface area contributed by atoms with E-state index in [2.05, 4.69) is 4.52 Å². The molecule has 11 heteroatoms. The van der Waals surface area contributed by atoms with Crippen molar-refractivity contribution < 1.29 is 48.1 Å². The van der Waals surface area contributed by atoms with Gasteiger partial charge in [-0.25, -0.2) is 9.36 Å². The molecule has 128 valence electrons. The standard InChI is InChI=1S/C11H19O10P/c1-5(2)19-10(13)7(21-22(15,16)17)4-6-9(18-3)8(12)11(14)20-6/h4-6,8-9,11-12,14H,1-3H3,(H2,15,16,17)/b7-4-/t6-,8-,9+,11?/m1/s1. The average Bonchev–Trinajstić information content (AvgIpc) is 2.61. The van der Waals surface area contributed by atoms with E-state index < -0.39 is 50.3 Å². The minimum absolute atomic E-state index is 0.560. The van der Waals surface area contributed by atoms with Crippen LogP contribution in [0.15, 0.2) is 11.8 Å². The molecule has 1 saturated heterocycles. The van der Waals surface area contributed by atoms with E-state index in [9.17, 15) is 19.6 Å². The molecule has 1 aliphatic heterocycles. The fourth-order valence-corrected chi connectivity index (χ4v) is 2.16. The molecule has 4 N–H and O–H groups in total. The highest BCUT2D eigenvalue weighted by Crippen LogP contribution is 2.40. The predicted octanol–water partition coefficient (Wildman–Crippen LogP) is -0.976. The Morgan fingerprint density at radius 1 is 1.32 bits per heavy atom. The number of aliphatic hydroxyl groups excluding tert-OH is 2. The maximum absolute atomic E-state index is 11.8. The van der Waals surface area contributed by atoms with Crippen LogP contribution < -0.4 is 0 Å². The third kappa shape index (κ3) is 5.33. The maximum atomic E-state index is 11.8. The summed E-state index contributed by atoms with van der Waals surface area (Å²) in [6, 6.07) is 0. The van der Waals surface area contributed by atoms with E-state index >= 15 is 0 Å². The van der Waals surface area contributed by atoms with Crippen molar-refractivity contribution >= 4 is 13.8 Å². The number of ether oxygens (including phenoxy) is 3. The second-order valence-corrected chi connectivity index (χ2v) is 5.91. The third-order valence-corrected chi connectivity index (χ3v) is 3.03. The highest BCUT2D eigenvalue weighted by Gasteiger charge is 2.43. The van der Waals surface area contributed by atoms with Gasteiger partial charge in [0.25, 0.3) is 0 Å². The van der Waals surface area contributed by atoms with Crippen LogP contribution >= 0.6 is 7.82 Å². The molecule has 1 rings (SSSR count). The van der Waals surface area contributed by atoms with Crippen molar-refractivity contribution in [3.05, 3.63) is 11.8 Å². The molecule has 0 bridgehead atoms. The quantitative estimate of drug-likeness (QED) is 0.205. The minimum Gasteiger partial charge on any atom is -0.457 e. The molecular weight excluding hydrogens is 323 g/mol. The molecule has 10 nitrogen and oxygen atoms in total. The Hall–Kier alpha value is -1.00. The summed E-state index contributed by atoms with van der Waals surface area (Å²) in [6.45, 7) is 3.06. The summed E-state index contributed by atoms with van der Waals surface area (Å²) in [4.78, 5) is 29.5. The van der Waals surface area contributed by atoms with E-state index in [1.165, 1.54) is 21.0 Å². The van der Waals surface area contributed by atoms with Crippen molar-refractivity contribution in [2.75, 3.05) is 7.11 Å². The lowest BCUT2D eigenvalue weighted by Gasteiger charge is -2.17. The molecule has 0 aromatic rings. The number of phosphoric acid groups is 1. The molecule has 0 aromatic carbocycles. The molecule has 0 spiro atoms. The van der Waals surface area contributed by atoms with Gasteiger partial charge >= 0.3 is 13.8 Å². The Morgan fingerprint density at radius 2 is 1.91 bits per heavy atom. The van der Waals surface area contributed by atoms with Gasteiger partial charge in [-0.2, -0.15) is 0 Å². The van der Waals surface area contributed by atoms with Gasteiger partial charge in [0, 0.05) is 7.11 Å². The van der Waals surface area contributed by atoms with E-state index in [1.54, 1.807) is 0 Å². The van der Waals surface area contributed by atoms with Crippen LogP contribution in [0.4, 0.5) is 0 Å². The van der Waals surface area contributed by atoms with E-state index in [0.717, 1.165) is 6.08 Å². The topological polar surface area (TPSA) is 152 Å². The Balaban J connectivity index is 3.04. The maximum Gasteiger partial charge on any atom is 0.525 e. The monoisotopic (exact) mass is 342 g/mol. The van der Waals surface area contributed by atoms with E-state index in [1.807, 2.05) is 0 Å². The van der Waals surface area contributed by atoms with Crippen molar-refractivity contribution in [1.29, 1.82) is 0 Å². The molecule has 22 heavy (non-hydrogen) atoms. The van der Waals surface area contributed by atoms with Gasteiger partial charge in [0.15, 0.2) is 6.29 Å². The van der Waals surface area contributed by atoms with Crippen LogP contribution in [0.1, 0.15) is 13.8 Å². The van der Waals surface area contributed by atoms with Crippen LogP contribution in [0, 0.1) is 0 Å². The second-order valence-electron chi connectivity index (χ2n) is 4.75. The number of phosphoric ester groups is 1. The SMILES string of the molecule is CO[C@H]1[C@@H](/C=C(\OP(=O)(O)O)C(=O)OC(C)C)OC(O)[C@@H]1O. The van der Waals surface area contributed by atoms with Crippen LogP contribution in [-0.4, -0.2) is 63.8 Å². The van der Waals surface area contributed by atoms with Gasteiger partial charge < -0.3 is 28.9 Å². The molecular formula is C11H19O10P. The number of rotatable bonds is 6. The van der Waals surface area contributed by atoms with E-state index in [0.29, 0.717) is 0 Å². The molecule has 1 fully saturated rings. The Labute approximate surface area is 126 Å². The number of methoxy groups -OCH3 is 1. The van der Waals surface area contributed by atoms with Gasteiger partial charge in [0.1, 0.15) is 18.3 Å². The first-order valence-corrected chi connectivity index (χ1v) is 7.80. The summed E-state index contributed by atoms with van der Waals surface area (Å²) < 4.78 is 29.9. The first-order chi connectivity index (χ1) is 10.0. The number of esters is 1. The summed E-state index contributed by atoms with van der Waals surface area (Å²) in [7, 11) is -3.80. The number of carbonyl (C=O) groups excluding carboxylic acids is 1. The second kappa shape index (κ2) is 7.51. The predicted molar refractivity (Wildman–Crippen MR) is 70.1 cm³/mol. The van der Waals surface area contributed by atoms with Crippen molar-refractivity contribution in [2.45, 2.75) is 44.6 Å². The first-order valence-electron chi connectivity index (χ1n) is 6.27. The minimum atomic E-state index is -5.03. The van der Waals surface area contributed by atoms with Gasteiger partial charge in [-0.05, 0) is 19.9 Å². The van der Waals surface area contributed by atoms with Crippen molar-refractivity contribution in [3.63, 3.8) is 0 Å². The molecule has 1 aliphatic rings. The molecule has 0 aromatic heterocycles. The number of hydrogen-bond donors (Lipinski definition) is 4. The molecule has 0 aliphatic carbocycles. The summed E-state index contributed by atoms with van der Waals surface area (Å²) in [6.07, 6.45) is -4.90. The van der Waals surface area contributed by atoms with Crippen LogP contribution in [0.5, 0.6) is 0 Å². The highest BCUT2D eigenvalue weighted by molar-refractivity contribution is 7.46. The molecule has 0 saturated carbocycles. The summed E-state index contributed by atoms with van der Waals surface area (Å²) in [5.74, 6) is -1.94. The van der Waals surface area contributed by atoms with E-state index in [4.69, 9.17) is 24.0 Å². The molecule has 4 atom stereocenters. The Morgan fingerprint density at radius 3 is 2.36 bits per heavy atom. The lowest BCUT2D eigenvalue weighted by Crippen LogP contribution is -2.34. The molecule has 0 amide bonds. The largest absolute Gasteiger partial charge is 0.525 e. The fourth-order valence-electron chi connectivity index (χ4n) is 1.77. The summed E-state index contributed by atoms with van der Waals surface area (Å²) in [5.41, 5.74) is 0. The van der Waals surface area contributed by atoms with Gasteiger partial charge in [-0.15, -0.1) is 0 Å². The van der Waals surface area contributed by atoms with Crippen LogP contribution in [0.25, 0.3) is 0 Å². The zero-order valence-electron chi connectivity index (χ0n) is 12.1. The molecule has 1 unspecified atom stereocenters. The zero-order valence-corrected chi connectivity index (χ0v) is 13.0. The smallest absolute Gasteiger partial charge is 0.457 e. The summed E-state index contributed by atoms with van der Waals surface area (Å²) >= 11 is 0. The highest BCUT2D eigenvalue weighted by atomic mass is 31.2. The molecule has 1 heterocycles.